The fraction of sp³-hybridized carbons (Fsp3) is 0.333. The van der Waals surface area contributed by atoms with Crippen LogP contribution >= 0.6 is 11.6 Å². The summed E-state index contributed by atoms with van der Waals surface area (Å²) in [5.41, 5.74) is 6.01. The first kappa shape index (κ1) is 24.2. The van der Waals surface area contributed by atoms with Crippen molar-refractivity contribution in [2.45, 2.75) is 27.2 Å². The molecule has 0 aliphatic carbocycles. The maximum Gasteiger partial charge on any atom is 0.124 e. The first-order chi connectivity index (χ1) is 13.8. The van der Waals surface area contributed by atoms with Gasteiger partial charge in [-0.15, -0.1) is 0 Å². The van der Waals surface area contributed by atoms with E-state index < -0.39 is 0 Å². The summed E-state index contributed by atoms with van der Waals surface area (Å²) in [7, 11) is 0. The Kier molecular flexibility index (Phi) is 10.5. The number of aliphatic imine (C=N–C) groups is 2. The van der Waals surface area contributed by atoms with E-state index in [1.165, 1.54) is 18.3 Å². The molecule has 0 amide bonds. The van der Waals surface area contributed by atoms with E-state index in [1.807, 2.05) is 11.8 Å². The molecule has 0 bridgehead atoms. The standard InChI is InChI=1S/C21H28ClFN6/c1-6-12-29(13-11-26-16(3)21(22)15(2)25-5)17(4)19-14-18(23)7-8-20(19)28-27-10-9-24/h7-10,14,24,28H,4-6,11-13H2,1-3H3/b21-15+,24-9?,26-16-,27-10-. The largest absolute Gasteiger partial charge is 0.370 e. The molecule has 0 unspecified atom stereocenters. The van der Waals surface area contributed by atoms with Gasteiger partial charge in [-0.3, -0.25) is 15.4 Å². The minimum atomic E-state index is -0.364. The van der Waals surface area contributed by atoms with Crippen LogP contribution in [0.2, 0.25) is 0 Å². The van der Waals surface area contributed by atoms with Gasteiger partial charge in [0, 0.05) is 30.6 Å². The Morgan fingerprint density at radius 1 is 1.34 bits per heavy atom. The highest BCUT2D eigenvalue weighted by molar-refractivity contribution is 6.43. The van der Waals surface area contributed by atoms with E-state index in [1.54, 1.807) is 13.0 Å². The van der Waals surface area contributed by atoms with Crippen molar-refractivity contribution in [2.75, 3.05) is 25.1 Å². The molecule has 0 atom stereocenters. The van der Waals surface area contributed by atoms with Gasteiger partial charge in [0.05, 0.1) is 34.9 Å². The molecule has 0 aliphatic heterocycles. The van der Waals surface area contributed by atoms with Gasteiger partial charge in [0.2, 0.25) is 0 Å². The van der Waals surface area contributed by atoms with Gasteiger partial charge < -0.3 is 10.3 Å². The Morgan fingerprint density at radius 3 is 2.69 bits per heavy atom. The van der Waals surface area contributed by atoms with E-state index in [9.17, 15) is 4.39 Å². The molecule has 0 aliphatic rings. The van der Waals surface area contributed by atoms with Crippen molar-refractivity contribution in [3.05, 3.63) is 46.9 Å². The van der Waals surface area contributed by atoms with Crippen LogP contribution in [-0.4, -0.2) is 49.4 Å². The number of nitrogens with one attached hydrogen (secondary N) is 2. The van der Waals surface area contributed by atoms with Crippen LogP contribution in [-0.2, 0) is 0 Å². The third kappa shape index (κ3) is 7.62. The van der Waals surface area contributed by atoms with E-state index in [0.717, 1.165) is 19.2 Å². The molecular weight excluding hydrogens is 391 g/mol. The fourth-order valence-corrected chi connectivity index (χ4v) is 2.68. The maximum absolute atomic E-state index is 13.9. The second-order valence-corrected chi connectivity index (χ2v) is 6.58. The van der Waals surface area contributed by atoms with Crippen molar-refractivity contribution in [2.24, 2.45) is 15.1 Å². The molecule has 6 nitrogen and oxygen atoms in total. The molecule has 1 aromatic carbocycles. The minimum absolute atomic E-state index is 0.364. The van der Waals surface area contributed by atoms with Crippen LogP contribution in [0.3, 0.4) is 0 Å². The molecule has 0 aromatic heterocycles. The van der Waals surface area contributed by atoms with Crippen LogP contribution in [0, 0.1) is 11.2 Å². The SMILES string of the molecule is C=N/C(C)=C(Cl)\C(C)=N/CCN(CCC)C(=C)c1cc(F)ccc1N/N=C\C=N. The third-order valence-corrected chi connectivity index (χ3v) is 4.64. The minimum Gasteiger partial charge on any atom is -0.370 e. The highest BCUT2D eigenvalue weighted by Crippen LogP contribution is 2.27. The highest BCUT2D eigenvalue weighted by Gasteiger charge is 2.14. The average molecular weight is 419 g/mol. The Labute approximate surface area is 177 Å². The lowest BCUT2D eigenvalue weighted by atomic mass is 10.1. The van der Waals surface area contributed by atoms with Crippen LogP contribution in [0.4, 0.5) is 10.1 Å². The normalized spacial score (nSPS) is 12.5. The Morgan fingerprint density at radius 2 is 2.07 bits per heavy atom. The van der Waals surface area contributed by atoms with Gasteiger partial charge in [-0.25, -0.2) is 4.39 Å². The van der Waals surface area contributed by atoms with Crippen molar-refractivity contribution < 1.29 is 4.39 Å². The van der Waals surface area contributed by atoms with Gasteiger partial charge in [0.1, 0.15) is 5.82 Å². The van der Waals surface area contributed by atoms with E-state index >= 15 is 0 Å². The quantitative estimate of drug-likeness (QED) is 0.362. The lowest BCUT2D eigenvalue weighted by Gasteiger charge is -2.27. The zero-order valence-electron chi connectivity index (χ0n) is 17.2. The Hall–Kier alpha value is -2.80. The average Bonchev–Trinajstić information content (AvgIpc) is 2.72. The van der Waals surface area contributed by atoms with Crippen molar-refractivity contribution in [1.82, 2.24) is 4.90 Å². The van der Waals surface area contributed by atoms with E-state index in [4.69, 9.17) is 17.0 Å². The van der Waals surface area contributed by atoms with Gasteiger partial charge in [0.25, 0.3) is 0 Å². The molecule has 8 heteroatoms. The van der Waals surface area contributed by atoms with E-state index in [0.29, 0.717) is 46.5 Å². The molecule has 0 saturated heterocycles. The monoisotopic (exact) mass is 418 g/mol. The zero-order valence-corrected chi connectivity index (χ0v) is 17.9. The van der Waals surface area contributed by atoms with Crippen LogP contribution in [0.1, 0.15) is 32.8 Å². The van der Waals surface area contributed by atoms with Crippen molar-refractivity contribution >= 4 is 47.8 Å². The zero-order chi connectivity index (χ0) is 21.8. The topological polar surface area (TPSA) is 76.2 Å². The molecule has 2 N–H and O–H groups in total. The van der Waals surface area contributed by atoms with E-state index in [2.05, 4.69) is 40.7 Å². The van der Waals surface area contributed by atoms with Crippen LogP contribution in [0.25, 0.3) is 5.70 Å². The number of allylic oxidation sites excluding steroid dienone is 2. The summed E-state index contributed by atoms with van der Waals surface area (Å²) in [5.74, 6) is -0.364. The summed E-state index contributed by atoms with van der Waals surface area (Å²) >= 11 is 6.22. The maximum atomic E-state index is 13.9. The molecule has 1 aromatic rings. The number of hydrogen-bond donors (Lipinski definition) is 2. The second kappa shape index (κ2) is 12.6. The molecule has 0 spiro atoms. The summed E-state index contributed by atoms with van der Waals surface area (Å²) in [6.07, 6.45) is 3.25. The van der Waals surface area contributed by atoms with Crippen LogP contribution in [0.15, 0.2) is 50.6 Å². The molecule has 156 valence electrons. The van der Waals surface area contributed by atoms with E-state index in [-0.39, 0.29) is 5.82 Å². The lowest BCUT2D eigenvalue weighted by molar-refractivity contribution is 0.407. The fourth-order valence-electron chi connectivity index (χ4n) is 2.56. The van der Waals surface area contributed by atoms with Gasteiger partial charge in [-0.2, -0.15) is 5.10 Å². The summed E-state index contributed by atoms with van der Waals surface area (Å²) in [5, 5.41) is 11.4. The summed E-state index contributed by atoms with van der Waals surface area (Å²) in [6, 6.07) is 4.36. The number of halogens is 2. The third-order valence-electron chi connectivity index (χ3n) is 4.09. The number of benzene rings is 1. The highest BCUT2D eigenvalue weighted by atomic mass is 35.5. The molecule has 29 heavy (non-hydrogen) atoms. The van der Waals surface area contributed by atoms with Crippen LogP contribution < -0.4 is 5.43 Å². The molecule has 1 rings (SSSR count). The van der Waals surface area contributed by atoms with Crippen molar-refractivity contribution in [3.8, 4) is 0 Å². The van der Waals surface area contributed by atoms with Gasteiger partial charge >= 0.3 is 0 Å². The molecule has 0 radical (unpaired) electrons. The van der Waals surface area contributed by atoms with Crippen molar-refractivity contribution in [1.29, 1.82) is 5.41 Å². The number of rotatable bonds is 12. The van der Waals surface area contributed by atoms with Gasteiger partial charge in [-0.05, 0) is 45.2 Å². The summed E-state index contributed by atoms with van der Waals surface area (Å²) < 4.78 is 13.9. The van der Waals surface area contributed by atoms with Gasteiger partial charge in [-0.1, -0.05) is 25.1 Å². The number of hydrogen-bond acceptors (Lipinski definition) is 6. The Balaban J connectivity index is 3.03. The molecular formula is C21H28ClFN6. The molecule has 0 fully saturated rings. The lowest BCUT2D eigenvalue weighted by Crippen LogP contribution is -2.26. The number of nitrogens with zero attached hydrogens (tertiary/aromatic N) is 4. The Bertz CT molecular complexity index is 828. The molecule has 0 heterocycles. The first-order valence-corrected chi connectivity index (χ1v) is 9.59. The first-order valence-electron chi connectivity index (χ1n) is 9.22. The smallest absolute Gasteiger partial charge is 0.124 e. The second-order valence-electron chi connectivity index (χ2n) is 6.20. The predicted octanol–water partition coefficient (Wildman–Crippen LogP) is 5.19. The van der Waals surface area contributed by atoms with Crippen molar-refractivity contribution in [3.63, 3.8) is 0 Å². The summed E-state index contributed by atoms with van der Waals surface area (Å²) in [6.45, 7) is 15.1. The number of hydrazone groups is 1. The predicted molar refractivity (Wildman–Crippen MR) is 124 cm³/mol. The summed E-state index contributed by atoms with van der Waals surface area (Å²) in [4.78, 5) is 10.4. The van der Waals surface area contributed by atoms with Gasteiger partial charge in [0.15, 0.2) is 0 Å². The molecule has 0 saturated carbocycles. The van der Waals surface area contributed by atoms with Crippen LogP contribution in [0.5, 0.6) is 0 Å². The number of anilines is 1.